The Kier molecular flexibility index (Phi) is 7.17. The van der Waals surface area contributed by atoms with Gasteiger partial charge in [-0.05, 0) is 18.6 Å². The largest absolute Gasteiger partial charge is 0.385 e. The molecular formula is C22H21ClN4OS2. The van der Waals surface area contributed by atoms with E-state index in [1.54, 1.807) is 30.2 Å². The van der Waals surface area contributed by atoms with Crippen LogP contribution in [0.15, 0.2) is 65.1 Å². The molecule has 0 saturated heterocycles. The topological polar surface area (TPSA) is 52.8 Å². The molecule has 154 valence electrons. The minimum absolute atomic E-state index is 0.668. The maximum atomic E-state index is 6.41. The summed E-state index contributed by atoms with van der Waals surface area (Å²) < 4.78 is 7.35. The summed E-state index contributed by atoms with van der Waals surface area (Å²) in [5.41, 5.74) is 3.06. The molecule has 2 heterocycles. The Hall–Kier alpha value is -2.19. The van der Waals surface area contributed by atoms with Crippen LogP contribution in [0.4, 0.5) is 0 Å². The highest BCUT2D eigenvalue weighted by Gasteiger charge is 2.17. The molecule has 0 spiro atoms. The smallest absolute Gasteiger partial charge is 0.191 e. The third kappa shape index (κ3) is 4.92. The first-order valence-corrected chi connectivity index (χ1v) is 11.8. The van der Waals surface area contributed by atoms with Gasteiger partial charge >= 0.3 is 0 Å². The van der Waals surface area contributed by atoms with Crippen LogP contribution in [0.2, 0.25) is 5.02 Å². The number of methoxy groups -OCH3 is 1. The van der Waals surface area contributed by atoms with Crippen LogP contribution in [0.1, 0.15) is 12.1 Å². The van der Waals surface area contributed by atoms with Crippen LogP contribution in [-0.4, -0.2) is 33.5 Å². The number of halogens is 1. The Labute approximate surface area is 189 Å². The standard InChI is InChI=1S/C22H21ClN4OS2/c1-28-13-7-12-27-20(18-10-5-6-11-19(18)23)25-26-22(27)30-15-17-14-29-21(24-17)16-8-3-2-4-9-16/h2-6,8-11,14H,7,12-13,15H2,1H3. The first-order chi connectivity index (χ1) is 14.8. The van der Waals surface area contributed by atoms with Crippen LogP contribution in [0.25, 0.3) is 22.0 Å². The summed E-state index contributed by atoms with van der Waals surface area (Å²) in [7, 11) is 1.71. The van der Waals surface area contributed by atoms with Crippen molar-refractivity contribution in [3.05, 3.63) is 70.7 Å². The molecule has 0 aliphatic carbocycles. The van der Waals surface area contributed by atoms with Crippen LogP contribution >= 0.6 is 34.7 Å². The lowest BCUT2D eigenvalue weighted by Gasteiger charge is -2.10. The molecule has 0 radical (unpaired) electrons. The van der Waals surface area contributed by atoms with E-state index >= 15 is 0 Å². The molecule has 0 fully saturated rings. The van der Waals surface area contributed by atoms with Gasteiger partial charge in [0.15, 0.2) is 11.0 Å². The fourth-order valence-corrected chi connectivity index (χ4v) is 5.04. The average Bonchev–Trinajstić information content (AvgIpc) is 3.41. The van der Waals surface area contributed by atoms with E-state index in [4.69, 9.17) is 21.3 Å². The normalized spacial score (nSPS) is 11.1. The summed E-state index contributed by atoms with van der Waals surface area (Å²) >= 11 is 9.71. The molecule has 0 aliphatic rings. The number of rotatable bonds is 9. The van der Waals surface area contributed by atoms with Gasteiger partial charge in [-0.3, -0.25) is 0 Å². The minimum Gasteiger partial charge on any atom is -0.385 e. The van der Waals surface area contributed by atoms with Crippen molar-refractivity contribution >= 4 is 34.7 Å². The van der Waals surface area contributed by atoms with E-state index in [1.165, 1.54) is 0 Å². The average molecular weight is 457 g/mol. The number of hydrogen-bond acceptors (Lipinski definition) is 6. The predicted molar refractivity (Wildman–Crippen MR) is 124 cm³/mol. The van der Waals surface area contributed by atoms with Crippen LogP contribution in [0.3, 0.4) is 0 Å². The molecule has 0 N–H and O–H groups in total. The van der Waals surface area contributed by atoms with Gasteiger partial charge in [0.25, 0.3) is 0 Å². The van der Waals surface area contributed by atoms with Gasteiger partial charge in [-0.1, -0.05) is 65.8 Å². The summed E-state index contributed by atoms with van der Waals surface area (Å²) in [5, 5.41) is 13.5. The maximum absolute atomic E-state index is 6.41. The van der Waals surface area contributed by atoms with Gasteiger partial charge in [0, 0.05) is 42.5 Å². The Morgan fingerprint density at radius 1 is 1.07 bits per heavy atom. The van der Waals surface area contributed by atoms with Crippen molar-refractivity contribution in [1.82, 2.24) is 19.7 Å². The molecule has 0 bridgehead atoms. The highest BCUT2D eigenvalue weighted by Crippen LogP contribution is 2.31. The zero-order valence-corrected chi connectivity index (χ0v) is 18.9. The number of hydrogen-bond donors (Lipinski definition) is 0. The van der Waals surface area contributed by atoms with Crippen molar-refractivity contribution in [3.8, 4) is 22.0 Å². The molecule has 8 heteroatoms. The fourth-order valence-electron chi connectivity index (χ4n) is 3.03. The van der Waals surface area contributed by atoms with Crippen molar-refractivity contribution in [1.29, 1.82) is 0 Å². The highest BCUT2D eigenvalue weighted by molar-refractivity contribution is 7.98. The van der Waals surface area contributed by atoms with Crippen LogP contribution < -0.4 is 0 Å². The van der Waals surface area contributed by atoms with E-state index in [9.17, 15) is 0 Å². The van der Waals surface area contributed by atoms with Gasteiger partial charge in [0.1, 0.15) is 5.01 Å². The number of nitrogens with zero attached hydrogens (tertiary/aromatic N) is 4. The van der Waals surface area contributed by atoms with Gasteiger partial charge in [-0.2, -0.15) is 0 Å². The molecule has 4 rings (SSSR count). The van der Waals surface area contributed by atoms with Crippen LogP contribution in [-0.2, 0) is 17.0 Å². The lowest BCUT2D eigenvalue weighted by Crippen LogP contribution is -2.05. The summed E-state index contributed by atoms with van der Waals surface area (Å²) in [6.45, 7) is 1.44. The second kappa shape index (κ2) is 10.2. The molecule has 0 unspecified atom stereocenters. The summed E-state index contributed by atoms with van der Waals surface area (Å²) in [4.78, 5) is 4.78. The number of thiazole rings is 1. The molecule has 0 saturated carbocycles. The molecule has 2 aromatic heterocycles. The van der Waals surface area contributed by atoms with Crippen LogP contribution in [0, 0.1) is 0 Å². The number of thioether (sulfide) groups is 1. The second-order valence-electron chi connectivity index (χ2n) is 6.58. The molecule has 30 heavy (non-hydrogen) atoms. The molecule has 0 amide bonds. The molecule has 0 atom stereocenters. The Balaban J connectivity index is 1.54. The van der Waals surface area contributed by atoms with Crippen molar-refractivity contribution < 1.29 is 4.74 Å². The zero-order chi connectivity index (χ0) is 20.8. The van der Waals surface area contributed by atoms with Gasteiger partial charge in [0.2, 0.25) is 0 Å². The third-order valence-electron chi connectivity index (χ3n) is 4.48. The van der Waals surface area contributed by atoms with Crippen LogP contribution in [0.5, 0.6) is 0 Å². The quantitative estimate of drug-likeness (QED) is 0.226. The Morgan fingerprint density at radius 2 is 1.87 bits per heavy atom. The lowest BCUT2D eigenvalue weighted by molar-refractivity contribution is 0.189. The summed E-state index contributed by atoms with van der Waals surface area (Å²) in [6, 6.07) is 18.0. The van der Waals surface area contributed by atoms with Crippen molar-refractivity contribution in [2.75, 3.05) is 13.7 Å². The predicted octanol–water partition coefficient (Wildman–Crippen LogP) is 6.05. The molecular weight excluding hydrogens is 436 g/mol. The molecule has 4 aromatic rings. The zero-order valence-electron chi connectivity index (χ0n) is 16.5. The van der Waals surface area contributed by atoms with E-state index in [1.807, 2.05) is 42.5 Å². The minimum atomic E-state index is 0.668. The van der Waals surface area contributed by atoms with E-state index in [2.05, 4.69) is 32.3 Å². The van der Waals surface area contributed by atoms with E-state index in [-0.39, 0.29) is 0 Å². The van der Waals surface area contributed by atoms with Crippen molar-refractivity contribution in [2.45, 2.75) is 23.9 Å². The number of aromatic nitrogens is 4. The first-order valence-electron chi connectivity index (χ1n) is 9.56. The number of benzene rings is 2. The van der Waals surface area contributed by atoms with Gasteiger partial charge < -0.3 is 9.30 Å². The first kappa shape index (κ1) is 21.1. The molecule has 2 aromatic carbocycles. The Morgan fingerprint density at radius 3 is 2.67 bits per heavy atom. The number of ether oxygens (including phenoxy) is 1. The van der Waals surface area contributed by atoms with E-state index < -0.39 is 0 Å². The fraction of sp³-hybridized carbons (Fsp3) is 0.227. The SMILES string of the molecule is COCCCn1c(SCc2csc(-c3ccccc3)n2)nnc1-c1ccccc1Cl. The van der Waals surface area contributed by atoms with Crippen molar-refractivity contribution in [2.24, 2.45) is 0 Å². The van der Waals surface area contributed by atoms with Gasteiger partial charge in [-0.25, -0.2) is 4.98 Å². The lowest BCUT2D eigenvalue weighted by atomic mass is 10.2. The molecule has 0 aliphatic heterocycles. The van der Waals surface area contributed by atoms with Gasteiger partial charge in [-0.15, -0.1) is 21.5 Å². The van der Waals surface area contributed by atoms with E-state index in [0.717, 1.165) is 51.5 Å². The summed E-state index contributed by atoms with van der Waals surface area (Å²) in [6.07, 6.45) is 0.869. The monoisotopic (exact) mass is 456 g/mol. The molecule has 5 nitrogen and oxygen atoms in total. The van der Waals surface area contributed by atoms with Crippen molar-refractivity contribution in [3.63, 3.8) is 0 Å². The highest BCUT2D eigenvalue weighted by atomic mass is 35.5. The van der Waals surface area contributed by atoms with E-state index in [0.29, 0.717) is 11.6 Å². The third-order valence-corrected chi connectivity index (χ3v) is 6.75. The Bertz CT molecular complexity index is 1100. The second-order valence-corrected chi connectivity index (χ2v) is 8.79. The van der Waals surface area contributed by atoms with Gasteiger partial charge in [0.05, 0.1) is 10.7 Å². The summed E-state index contributed by atoms with van der Waals surface area (Å²) in [5.74, 6) is 1.51. The maximum Gasteiger partial charge on any atom is 0.191 e.